The Morgan fingerprint density at radius 1 is 1.27 bits per heavy atom. The lowest BCUT2D eigenvalue weighted by Crippen LogP contribution is -2.41. The highest BCUT2D eigenvalue weighted by atomic mass is 19.1. The Labute approximate surface area is 155 Å². The number of piperidine rings is 1. The van der Waals surface area contributed by atoms with Gasteiger partial charge in [0.25, 0.3) is 0 Å². The molecule has 1 aliphatic rings. The molecular weight excluding hydrogens is 327 g/mol. The van der Waals surface area contributed by atoms with Crippen LogP contribution in [0.5, 0.6) is 0 Å². The van der Waals surface area contributed by atoms with Crippen LogP contribution in [0.1, 0.15) is 37.9 Å². The van der Waals surface area contributed by atoms with Crippen LogP contribution in [0.4, 0.5) is 10.3 Å². The second-order valence-corrected chi connectivity index (χ2v) is 7.65. The number of hydrogen-bond donors (Lipinski definition) is 1. The normalized spacial score (nSPS) is 18.3. The monoisotopic (exact) mass is 356 g/mol. The lowest BCUT2D eigenvalue weighted by atomic mass is 9.97. The van der Waals surface area contributed by atoms with Crippen molar-refractivity contribution in [3.05, 3.63) is 41.5 Å². The molecule has 1 fully saturated rings. The Morgan fingerprint density at radius 3 is 2.77 bits per heavy atom. The van der Waals surface area contributed by atoms with Crippen molar-refractivity contribution in [1.29, 1.82) is 0 Å². The van der Waals surface area contributed by atoms with Gasteiger partial charge in [-0.2, -0.15) is 0 Å². The van der Waals surface area contributed by atoms with Crippen molar-refractivity contribution < 1.29 is 4.39 Å². The zero-order valence-electron chi connectivity index (χ0n) is 16.2. The molecule has 1 aliphatic heterocycles. The molecule has 3 rings (SSSR count). The molecule has 4 nitrogen and oxygen atoms in total. The predicted molar refractivity (Wildman–Crippen MR) is 105 cm³/mol. The third kappa shape index (κ3) is 4.39. The van der Waals surface area contributed by atoms with Gasteiger partial charge in [-0.25, -0.2) is 14.4 Å². The second kappa shape index (κ2) is 8.12. The van der Waals surface area contributed by atoms with Crippen molar-refractivity contribution in [1.82, 2.24) is 14.9 Å². The SMILES string of the molecule is Cc1ccc(-c2cnc(NCC3CCCN(C(C)C)C3)nc2C)c(F)c1. The summed E-state index contributed by atoms with van der Waals surface area (Å²) in [5, 5.41) is 3.37. The van der Waals surface area contributed by atoms with Crippen LogP contribution in [0, 0.1) is 25.6 Å². The fraction of sp³-hybridized carbons (Fsp3) is 0.524. The van der Waals surface area contributed by atoms with E-state index in [1.54, 1.807) is 18.3 Å². The summed E-state index contributed by atoms with van der Waals surface area (Å²) in [4.78, 5) is 11.5. The lowest BCUT2D eigenvalue weighted by Gasteiger charge is -2.35. The summed E-state index contributed by atoms with van der Waals surface area (Å²) in [5.41, 5.74) is 3.00. The van der Waals surface area contributed by atoms with E-state index in [0.29, 0.717) is 23.5 Å². The largest absolute Gasteiger partial charge is 0.354 e. The van der Waals surface area contributed by atoms with Crippen molar-refractivity contribution in [3.8, 4) is 11.1 Å². The first kappa shape index (κ1) is 18.8. The number of hydrogen-bond acceptors (Lipinski definition) is 4. The number of halogens is 1. The van der Waals surface area contributed by atoms with Crippen LogP contribution in [-0.2, 0) is 0 Å². The summed E-state index contributed by atoms with van der Waals surface area (Å²) in [7, 11) is 0. The number of aryl methyl sites for hydroxylation is 2. The molecule has 26 heavy (non-hydrogen) atoms. The third-order valence-electron chi connectivity index (χ3n) is 5.22. The fourth-order valence-corrected chi connectivity index (χ4v) is 3.62. The van der Waals surface area contributed by atoms with E-state index >= 15 is 0 Å². The molecule has 2 aromatic rings. The summed E-state index contributed by atoms with van der Waals surface area (Å²) in [6, 6.07) is 5.85. The Kier molecular flexibility index (Phi) is 5.87. The summed E-state index contributed by atoms with van der Waals surface area (Å²) in [6.07, 6.45) is 4.21. The van der Waals surface area contributed by atoms with Crippen LogP contribution in [0.25, 0.3) is 11.1 Å². The molecule has 1 unspecified atom stereocenters. The quantitative estimate of drug-likeness (QED) is 0.860. The minimum absolute atomic E-state index is 0.228. The molecule has 2 heterocycles. The highest BCUT2D eigenvalue weighted by Crippen LogP contribution is 2.26. The van der Waals surface area contributed by atoms with Gasteiger partial charge in [-0.3, -0.25) is 0 Å². The molecule has 1 saturated heterocycles. The van der Waals surface area contributed by atoms with Crippen molar-refractivity contribution in [2.75, 3.05) is 25.0 Å². The van der Waals surface area contributed by atoms with E-state index in [2.05, 4.69) is 34.0 Å². The molecule has 1 aromatic carbocycles. The first-order valence-electron chi connectivity index (χ1n) is 9.52. The smallest absolute Gasteiger partial charge is 0.222 e. The number of anilines is 1. The Hall–Kier alpha value is -2.01. The van der Waals surface area contributed by atoms with Gasteiger partial charge in [0, 0.05) is 36.5 Å². The maximum atomic E-state index is 14.2. The van der Waals surface area contributed by atoms with E-state index in [1.807, 2.05) is 19.9 Å². The molecule has 0 saturated carbocycles. The minimum Gasteiger partial charge on any atom is -0.354 e. The first-order valence-corrected chi connectivity index (χ1v) is 9.52. The highest BCUT2D eigenvalue weighted by Gasteiger charge is 2.21. The van der Waals surface area contributed by atoms with Gasteiger partial charge in [0.15, 0.2) is 0 Å². The molecule has 0 spiro atoms. The minimum atomic E-state index is -0.228. The number of benzene rings is 1. The number of likely N-dealkylation sites (tertiary alicyclic amines) is 1. The number of nitrogens with one attached hydrogen (secondary N) is 1. The van der Waals surface area contributed by atoms with E-state index in [-0.39, 0.29) is 5.82 Å². The molecule has 140 valence electrons. The highest BCUT2D eigenvalue weighted by molar-refractivity contribution is 5.66. The van der Waals surface area contributed by atoms with Crippen molar-refractivity contribution in [2.24, 2.45) is 5.92 Å². The summed E-state index contributed by atoms with van der Waals surface area (Å²) < 4.78 is 14.2. The third-order valence-corrected chi connectivity index (χ3v) is 5.22. The molecule has 1 atom stereocenters. The average molecular weight is 356 g/mol. The molecular formula is C21H29FN4. The zero-order valence-corrected chi connectivity index (χ0v) is 16.2. The van der Waals surface area contributed by atoms with E-state index in [9.17, 15) is 4.39 Å². The van der Waals surface area contributed by atoms with E-state index in [1.165, 1.54) is 19.4 Å². The Balaban J connectivity index is 1.66. The molecule has 0 bridgehead atoms. The van der Waals surface area contributed by atoms with Gasteiger partial charge in [-0.15, -0.1) is 0 Å². The molecule has 5 heteroatoms. The molecule has 1 aromatic heterocycles. The van der Waals surface area contributed by atoms with Gasteiger partial charge in [-0.1, -0.05) is 12.1 Å². The van der Waals surface area contributed by atoms with E-state index < -0.39 is 0 Å². The number of aromatic nitrogens is 2. The van der Waals surface area contributed by atoms with Crippen LogP contribution in [0.3, 0.4) is 0 Å². The Morgan fingerprint density at radius 2 is 2.08 bits per heavy atom. The van der Waals surface area contributed by atoms with Gasteiger partial charge in [0.2, 0.25) is 5.95 Å². The molecule has 0 amide bonds. The maximum absolute atomic E-state index is 14.2. The van der Waals surface area contributed by atoms with Crippen LogP contribution < -0.4 is 5.32 Å². The van der Waals surface area contributed by atoms with Crippen molar-refractivity contribution in [3.63, 3.8) is 0 Å². The maximum Gasteiger partial charge on any atom is 0.222 e. The van der Waals surface area contributed by atoms with E-state index in [4.69, 9.17) is 0 Å². The standard InChI is InChI=1S/C21H29FN4/c1-14(2)26-9-5-6-17(13-26)11-23-21-24-12-19(16(4)25-21)18-8-7-15(3)10-20(18)22/h7-8,10,12,14,17H,5-6,9,11,13H2,1-4H3,(H,23,24,25). The number of rotatable bonds is 5. The Bertz CT molecular complexity index is 760. The summed E-state index contributed by atoms with van der Waals surface area (Å²) >= 11 is 0. The van der Waals surface area contributed by atoms with Crippen molar-refractivity contribution >= 4 is 5.95 Å². The molecule has 1 N–H and O–H groups in total. The van der Waals surface area contributed by atoms with Gasteiger partial charge >= 0.3 is 0 Å². The average Bonchev–Trinajstić information content (AvgIpc) is 2.61. The van der Waals surface area contributed by atoms with Gasteiger partial charge in [0.05, 0.1) is 5.69 Å². The second-order valence-electron chi connectivity index (χ2n) is 7.65. The molecule has 0 radical (unpaired) electrons. The topological polar surface area (TPSA) is 41.1 Å². The summed E-state index contributed by atoms with van der Waals surface area (Å²) in [5.74, 6) is 1.01. The van der Waals surface area contributed by atoms with Crippen molar-refractivity contribution in [2.45, 2.75) is 46.6 Å². The van der Waals surface area contributed by atoms with Gasteiger partial charge in [0.1, 0.15) is 5.82 Å². The van der Waals surface area contributed by atoms with Gasteiger partial charge < -0.3 is 10.2 Å². The first-order chi connectivity index (χ1) is 12.4. The van der Waals surface area contributed by atoms with E-state index in [0.717, 1.165) is 29.9 Å². The van der Waals surface area contributed by atoms with Crippen LogP contribution in [0.15, 0.2) is 24.4 Å². The van der Waals surface area contributed by atoms with Crippen LogP contribution in [0.2, 0.25) is 0 Å². The zero-order chi connectivity index (χ0) is 18.7. The van der Waals surface area contributed by atoms with Gasteiger partial charge in [-0.05, 0) is 64.6 Å². The molecule has 0 aliphatic carbocycles. The number of nitrogens with zero attached hydrogens (tertiary/aromatic N) is 3. The lowest BCUT2D eigenvalue weighted by molar-refractivity contribution is 0.145. The predicted octanol–water partition coefficient (Wildman–Crippen LogP) is 4.43. The summed E-state index contributed by atoms with van der Waals surface area (Å²) in [6.45, 7) is 11.5. The van der Waals surface area contributed by atoms with Crippen LogP contribution in [-0.4, -0.2) is 40.5 Å². The van der Waals surface area contributed by atoms with Crippen LogP contribution >= 0.6 is 0 Å². The fourth-order valence-electron chi connectivity index (χ4n) is 3.62.